The zero-order valence-electron chi connectivity index (χ0n) is 14.1. The highest BCUT2D eigenvalue weighted by Crippen LogP contribution is 2.14. The molecule has 8 heteroatoms. The lowest BCUT2D eigenvalue weighted by Crippen LogP contribution is -2.47. The number of benzene rings is 1. The minimum atomic E-state index is -1.77. The van der Waals surface area contributed by atoms with Gasteiger partial charge in [0.2, 0.25) is 0 Å². The maximum Gasteiger partial charge on any atom is 0.338 e. The van der Waals surface area contributed by atoms with Crippen LogP contribution in [-0.2, 0) is 4.74 Å². The average Bonchev–Trinajstić information content (AvgIpc) is 2.64. The summed E-state index contributed by atoms with van der Waals surface area (Å²) in [6.45, 7) is 1.28. The maximum absolute atomic E-state index is 11.9. The molecule has 1 aromatic carbocycles. The largest absolute Gasteiger partial charge is 0.494 e. The third-order valence-corrected chi connectivity index (χ3v) is 3.57. The van der Waals surface area contributed by atoms with Gasteiger partial charge in [0.1, 0.15) is 36.8 Å². The van der Waals surface area contributed by atoms with Crippen molar-refractivity contribution < 1.29 is 39.8 Å². The molecule has 0 aliphatic carbocycles. The van der Waals surface area contributed by atoms with Gasteiger partial charge in [0.25, 0.3) is 0 Å². The molecule has 8 nitrogen and oxygen atoms in total. The molecule has 0 aromatic heterocycles. The van der Waals surface area contributed by atoms with E-state index in [1.54, 1.807) is 12.1 Å². The number of hydrogen-bond donors (Lipinski definition) is 5. The Balaban J connectivity index is 2.47. The first-order chi connectivity index (χ1) is 11.9. The van der Waals surface area contributed by atoms with Gasteiger partial charge in [-0.05, 0) is 30.7 Å². The fourth-order valence-corrected chi connectivity index (χ4v) is 1.93. The molecular weight excluding hydrogens is 332 g/mol. The van der Waals surface area contributed by atoms with Crippen LogP contribution in [0.2, 0.25) is 0 Å². The maximum atomic E-state index is 11.9. The standard InChI is InChI=1S/C17H26O8/c1-2-3-8-24-12-6-4-11(5-7-12)17(23)25-10-14(20)16(22)15(21)13(19)9-18/h4-7,13-16,18-22H,2-3,8-10H2,1H3/t13-,14+,15+,16+/m0/s1. The number of esters is 1. The SMILES string of the molecule is CCCCOc1ccc(C(=O)OC[C@@H](O)[C@@H](O)[C@H](O)[C@@H](O)CO)cc1. The molecule has 142 valence electrons. The molecule has 0 unspecified atom stereocenters. The fraction of sp³-hybridized carbons (Fsp3) is 0.588. The van der Waals surface area contributed by atoms with Crippen LogP contribution in [-0.4, -0.2) is 75.7 Å². The van der Waals surface area contributed by atoms with Crippen molar-refractivity contribution in [2.24, 2.45) is 0 Å². The Labute approximate surface area is 146 Å². The van der Waals surface area contributed by atoms with Crippen LogP contribution in [0.15, 0.2) is 24.3 Å². The van der Waals surface area contributed by atoms with E-state index in [0.29, 0.717) is 12.4 Å². The van der Waals surface area contributed by atoms with Crippen LogP contribution in [0, 0.1) is 0 Å². The van der Waals surface area contributed by atoms with Gasteiger partial charge in [-0.2, -0.15) is 0 Å². The summed E-state index contributed by atoms with van der Waals surface area (Å²) >= 11 is 0. The number of unbranched alkanes of at least 4 members (excludes halogenated alkanes) is 1. The summed E-state index contributed by atoms with van der Waals surface area (Å²) in [6.07, 6.45) is -4.82. The highest BCUT2D eigenvalue weighted by atomic mass is 16.5. The normalized spacial score (nSPS) is 15.9. The monoisotopic (exact) mass is 358 g/mol. The summed E-state index contributed by atoms with van der Waals surface area (Å²) in [4.78, 5) is 11.9. The molecule has 4 atom stereocenters. The van der Waals surface area contributed by atoms with Gasteiger partial charge in [-0.1, -0.05) is 13.3 Å². The molecule has 0 bridgehead atoms. The van der Waals surface area contributed by atoms with E-state index in [-0.39, 0.29) is 5.56 Å². The number of carbonyl (C=O) groups excluding carboxylic acids is 1. The highest BCUT2D eigenvalue weighted by molar-refractivity contribution is 5.89. The van der Waals surface area contributed by atoms with Crippen molar-refractivity contribution >= 4 is 5.97 Å². The zero-order chi connectivity index (χ0) is 18.8. The minimum absolute atomic E-state index is 0.237. The molecule has 0 amide bonds. The third kappa shape index (κ3) is 6.97. The van der Waals surface area contributed by atoms with Crippen molar-refractivity contribution in [3.63, 3.8) is 0 Å². The van der Waals surface area contributed by atoms with E-state index in [1.165, 1.54) is 12.1 Å². The molecule has 0 aliphatic rings. The van der Waals surface area contributed by atoms with E-state index in [1.807, 2.05) is 0 Å². The molecular formula is C17H26O8. The Hall–Kier alpha value is -1.71. The second kappa shape index (κ2) is 11.0. The molecule has 0 saturated carbocycles. The Morgan fingerprint density at radius 1 is 1.04 bits per heavy atom. The first-order valence-corrected chi connectivity index (χ1v) is 8.13. The van der Waals surface area contributed by atoms with Crippen molar-refractivity contribution in [2.45, 2.75) is 44.2 Å². The lowest BCUT2D eigenvalue weighted by atomic mass is 10.0. The zero-order valence-corrected chi connectivity index (χ0v) is 14.1. The highest BCUT2D eigenvalue weighted by Gasteiger charge is 2.30. The summed E-state index contributed by atoms with van der Waals surface area (Å²) < 4.78 is 10.3. The number of ether oxygens (including phenoxy) is 2. The van der Waals surface area contributed by atoms with Crippen LogP contribution < -0.4 is 4.74 Å². The molecule has 1 rings (SSSR count). The van der Waals surface area contributed by atoms with Crippen LogP contribution in [0.5, 0.6) is 5.75 Å². The second-order valence-electron chi connectivity index (χ2n) is 5.62. The summed E-state index contributed by atoms with van der Waals surface area (Å²) in [7, 11) is 0. The summed E-state index contributed by atoms with van der Waals surface area (Å²) in [6, 6.07) is 6.27. The molecule has 0 saturated heterocycles. The van der Waals surface area contributed by atoms with E-state index >= 15 is 0 Å². The van der Waals surface area contributed by atoms with E-state index in [4.69, 9.17) is 14.6 Å². The Morgan fingerprint density at radius 2 is 1.64 bits per heavy atom. The molecule has 0 radical (unpaired) electrons. The quantitative estimate of drug-likeness (QED) is 0.263. The molecule has 25 heavy (non-hydrogen) atoms. The average molecular weight is 358 g/mol. The van der Waals surface area contributed by atoms with Crippen LogP contribution in [0.4, 0.5) is 0 Å². The van der Waals surface area contributed by atoms with Gasteiger partial charge in [-0.3, -0.25) is 0 Å². The topological polar surface area (TPSA) is 137 Å². The molecule has 5 N–H and O–H groups in total. The number of carbonyl (C=O) groups is 1. The molecule has 0 spiro atoms. The van der Waals surface area contributed by atoms with Crippen molar-refractivity contribution in [2.75, 3.05) is 19.8 Å². The molecule has 0 heterocycles. The number of aliphatic hydroxyl groups excluding tert-OH is 5. The predicted molar refractivity (Wildman–Crippen MR) is 88.2 cm³/mol. The fourth-order valence-electron chi connectivity index (χ4n) is 1.93. The first-order valence-electron chi connectivity index (χ1n) is 8.13. The van der Waals surface area contributed by atoms with Gasteiger partial charge >= 0.3 is 5.97 Å². The molecule has 1 aromatic rings. The van der Waals surface area contributed by atoms with Gasteiger partial charge in [0.15, 0.2) is 0 Å². The Bertz CT molecular complexity index is 504. The van der Waals surface area contributed by atoms with E-state index in [0.717, 1.165) is 12.8 Å². The third-order valence-electron chi connectivity index (χ3n) is 3.57. The van der Waals surface area contributed by atoms with Crippen LogP contribution in [0.3, 0.4) is 0 Å². The number of rotatable bonds is 11. The van der Waals surface area contributed by atoms with Gasteiger partial charge < -0.3 is 35.0 Å². The minimum Gasteiger partial charge on any atom is -0.494 e. The summed E-state index contributed by atoms with van der Waals surface area (Å²) in [5, 5.41) is 46.7. The van der Waals surface area contributed by atoms with Crippen LogP contribution in [0.1, 0.15) is 30.1 Å². The number of aliphatic hydroxyl groups is 5. The van der Waals surface area contributed by atoms with Crippen molar-refractivity contribution in [3.8, 4) is 5.75 Å². The summed E-state index contributed by atoms with van der Waals surface area (Å²) in [5.41, 5.74) is 0.237. The lowest BCUT2D eigenvalue weighted by Gasteiger charge is -2.25. The number of hydrogen-bond acceptors (Lipinski definition) is 8. The van der Waals surface area contributed by atoms with Gasteiger partial charge in [-0.15, -0.1) is 0 Å². The predicted octanol–water partition coefficient (Wildman–Crippen LogP) is -0.542. The van der Waals surface area contributed by atoms with Gasteiger partial charge in [0, 0.05) is 0 Å². The lowest BCUT2D eigenvalue weighted by molar-refractivity contribution is -0.124. The Kier molecular flexibility index (Phi) is 9.40. The van der Waals surface area contributed by atoms with Crippen molar-refractivity contribution in [3.05, 3.63) is 29.8 Å². The Morgan fingerprint density at radius 3 is 2.20 bits per heavy atom. The smallest absolute Gasteiger partial charge is 0.338 e. The second-order valence-corrected chi connectivity index (χ2v) is 5.62. The van der Waals surface area contributed by atoms with E-state index < -0.39 is 43.6 Å². The van der Waals surface area contributed by atoms with E-state index in [2.05, 4.69) is 6.92 Å². The van der Waals surface area contributed by atoms with Crippen LogP contribution in [0.25, 0.3) is 0 Å². The van der Waals surface area contributed by atoms with Crippen molar-refractivity contribution in [1.82, 2.24) is 0 Å². The van der Waals surface area contributed by atoms with Gasteiger partial charge in [0.05, 0.1) is 18.8 Å². The molecule has 0 aliphatic heterocycles. The van der Waals surface area contributed by atoms with Gasteiger partial charge in [-0.25, -0.2) is 4.79 Å². The summed E-state index contributed by atoms with van der Waals surface area (Å²) in [5.74, 6) is -0.0925. The van der Waals surface area contributed by atoms with E-state index in [9.17, 15) is 25.2 Å². The van der Waals surface area contributed by atoms with Crippen LogP contribution >= 0.6 is 0 Å². The van der Waals surface area contributed by atoms with Crippen molar-refractivity contribution in [1.29, 1.82) is 0 Å². The first kappa shape index (κ1) is 21.3. The molecule has 0 fully saturated rings.